The number of aromatic amines is 1. The van der Waals surface area contributed by atoms with Crippen LogP contribution in [0.2, 0.25) is 0 Å². The zero-order chi connectivity index (χ0) is 14.5. The van der Waals surface area contributed by atoms with Crippen LogP contribution < -0.4 is 0 Å². The van der Waals surface area contributed by atoms with E-state index in [1.54, 1.807) is 0 Å². The molecule has 1 N–H and O–H groups in total. The van der Waals surface area contributed by atoms with Gasteiger partial charge in [0.25, 0.3) is 5.91 Å². The Labute approximate surface area is 122 Å². The molecule has 0 aliphatic heterocycles. The molecule has 1 aromatic heterocycles. The number of carbonyl (C=O) groups is 1. The van der Waals surface area contributed by atoms with Crippen molar-refractivity contribution in [3.8, 4) is 0 Å². The number of nitrogens with zero attached hydrogens (tertiary/aromatic N) is 2. The fraction of sp³-hybridized carbons (Fsp3) is 0.688. The van der Waals surface area contributed by atoms with Crippen LogP contribution in [0.3, 0.4) is 0 Å². The van der Waals surface area contributed by atoms with Crippen LogP contribution in [-0.2, 0) is 6.42 Å². The van der Waals surface area contributed by atoms with Gasteiger partial charge in [-0.2, -0.15) is 0 Å². The summed E-state index contributed by atoms with van der Waals surface area (Å²) in [7, 11) is 4.06. The highest BCUT2D eigenvalue weighted by Gasteiger charge is 2.20. The molecule has 0 unspecified atom stereocenters. The van der Waals surface area contributed by atoms with Gasteiger partial charge in [0.1, 0.15) is 5.69 Å². The third kappa shape index (κ3) is 3.63. The van der Waals surface area contributed by atoms with Crippen molar-refractivity contribution in [2.24, 2.45) is 0 Å². The molecule has 0 bridgehead atoms. The summed E-state index contributed by atoms with van der Waals surface area (Å²) >= 11 is 0. The van der Waals surface area contributed by atoms with Crippen molar-refractivity contribution in [3.63, 3.8) is 0 Å². The van der Waals surface area contributed by atoms with Crippen molar-refractivity contribution in [2.75, 3.05) is 27.2 Å². The van der Waals surface area contributed by atoms with Gasteiger partial charge in [-0.25, -0.2) is 0 Å². The lowest BCUT2D eigenvalue weighted by Crippen LogP contribution is -2.38. The smallest absolute Gasteiger partial charge is 0.270 e. The van der Waals surface area contributed by atoms with Crippen LogP contribution in [0.4, 0.5) is 0 Å². The maximum atomic E-state index is 12.3. The fourth-order valence-corrected chi connectivity index (χ4v) is 2.91. The van der Waals surface area contributed by atoms with E-state index >= 15 is 0 Å². The SMILES string of the molecule is CCc1ccc(C(=O)N(C)CCN(C)C2CCCC2)[nH]1. The third-order valence-corrected chi connectivity index (χ3v) is 4.44. The van der Waals surface area contributed by atoms with Gasteiger partial charge in [-0.3, -0.25) is 4.79 Å². The molecule has 1 amide bonds. The average Bonchev–Trinajstić information content (AvgIpc) is 3.13. The predicted octanol–water partition coefficient (Wildman–Crippen LogP) is 2.52. The second kappa shape index (κ2) is 6.93. The molecule has 0 aromatic carbocycles. The van der Waals surface area contributed by atoms with Gasteiger partial charge >= 0.3 is 0 Å². The summed E-state index contributed by atoms with van der Waals surface area (Å²) in [6.45, 7) is 3.82. The predicted molar refractivity (Wildman–Crippen MR) is 82.0 cm³/mol. The number of aryl methyl sites for hydroxylation is 1. The van der Waals surface area contributed by atoms with Crippen LogP contribution in [0.1, 0.15) is 48.8 Å². The monoisotopic (exact) mass is 277 g/mol. The fourth-order valence-electron chi connectivity index (χ4n) is 2.91. The highest BCUT2D eigenvalue weighted by Crippen LogP contribution is 2.22. The summed E-state index contributed by atoms with van der Waals surface area (Å²) in [5.41, 5.74) is 1.82. The molecule has 0 spiro atoms. The van der Waals surface area contributed by atoms with Gasteiger partial charge in [0.05, 0.1) is 0 Å². The van der Waals surface area contributed by atoms with E-state index in [1.807, 2.05) is 24.1 Å². The summed E-state index contributed by atoms with van der Waals surface area (Å²) in [4.78, 5) is 19.7. The highest BCUT2D eigenvalue weighted by atomic mass is 16.2. The Kier molecular flexibility index (Phi) is 5.24. The Morgan fingerprint density at radius 1 is 1.25 bits per heavy atom. The van der Waals surface area contributed by atoms with Crippen LogP contribution >= 0.6 is 0 Å². The van der Waals surface area contributed by atoms with Crippen molar-refractivity contribution < 1.29 is 4.79 Å². The number of carbonyl (C=O) groups excluding carboxylic acids is 1. The minimum Gasteiger partial charge on any atom is -0.354 e. The molecule has 0 atom stereocenters. The standard InChI is InChI=1S/C16H27N3O/c1-4-13-9-10-15(17-13)16(20)19(3)12-11-18(2)14-7-5-6-8-14/h9-10,14,17H,4-8,11-12H2,1-3H3. The molecule has 20 heavy (non-hydrogen) atoms. The minimum atomic E-state index is 0.0875. The number of rotatable bonds is 6. The lowest BCUT2D eigenvalue weighted by Gasteiger charge is -2.26. The van der Waals surface area contributed by atoms with E-state index in [1.165, 1.54) is 25.7 Å². The van der Waals surface area contributed by atoms with Crippen LogP contribution in [0.25, 0.3) is 0 Å². The van der Waals surface area contributed by atoms with Gasteiger partial charge in [-0.05, 0) is 38.4 Å². The largest absolute Gasteiger partial charge is 0.354 e. The Bertz CT molecular complexity index is 435. The summed E-state index contributed by atoms with van der Waals surface area (Å²) in [5.74, 6) is 0.0875. The number of nitrogens with one attached hydrogen (secondary N) is 1. The van der Waals surface area contributed by atoms with E-state index < -0.39 is 0 Å². The zero-order valence-corrected chi connectivity index (χ0v) is 13.0. The third-order valence-electron chi connectivity index (χ3n) is 4.44. The van der Waals surface area contributed by atoms with Crippen molar-refractivity contribution >= 4 is 5.91 Å². The van der Waals surface area contributed by atoms with Gasteiger partial charge in [0.2, 0.25) is 0 Å². The zero-order valence-electron chi connectivity index (χ0n) is 13.0. The molecule has 1 heterocycles. The first kappa shape index (κ1) is 15.1. The lowest BCUT2D eigenvalue weighted by molar-refractivity contribution is 0.0769. The summed E-state index contributed by atoms with van der Waals surface area (Å²) in [6, 6.07) is 4.60. The maximum Gasteiger partial charge on any atom is 0.270 e. The number of hydrogen-bond acceptors (Lipinski definition) is 2. The van der Waals surface area contributed by atoms with Gasteiger partial charge < -0.3 is 14.8 Å². The second-order valence-electron chi connectivity index (χ2n) is 5.90. The molecular formula is C16H27N3O. The molecule has 1 aliphatic rings. The van der Waals surface area contributed by atoms with E-state index in [0.717, 1.165) is 31.2 Å². The molecule has 0 radical (unpaired) electrons. The first-order valence-electron chi connectivity index (χ1n) is 7.75. The molecule has 4 nitrogen and oxygen atoms in total. The van der Waals surface area contributed by atoms with Crippen molar-refractivity contribution in [2.45, 2.75) is 45.1 Å². The van der Waals surface area contributed by atoms with E-state index in [4.69, 9.17) is 0 Å². The molecule has 4 heteroatoms. The average molecular weight is 277 g/mol. The topological polar surface area (TPSA) is 39.3 Å². The number of H-pyrrole nitrogens is 1. The van der Waals surface area contributed by atoms with Crippen LogP contribution in [0, 0.1) is 0 Å². The van der Waals surface area contributed by atoms with Crippen molar-refractivity contribution in [1.82, 2.24) is 14.8 Å². The molecule has 1 aliphatic carbocycles. The Balaban J connectivity index is 1.81. The molecule has 1 saturated carbocycles. The summed E-state index contributed by atoms with van der Waals surface area (Å²) < 4.78 is 0. The molecule has 0 saturated heterocycles. The van der Waals surface area contributed by atoms with E-state index in [2.05, 4.69) is 23.9 Å². The van der Waals surface area contributed by atoms with Crippen molar-refractivity contribution in [1.29, 1.82) is 0 Å². The van der Waals surface area contributed by atoms with Gasteiger partial charge in [0, 0.05) is 31.9 Å². The minimum absolute atomic E-state index is 0.0875. The lowest BCUT2D eigenvalue weighted by atomic mass is 10.2. The van der Waals surface area contributed by atoms with Crippen LogP contribution in [0.15, 0.2) is 12.1 Å². The Morgan fingerprint density at radius 3 is 2.55 bits per heavy atom. The van der Waals surface area contributed by atoms with Crippen LogP contribution in [-0.4, -0.2) is 53.9 Å². The Morgan fingerprint density at radius 2 is 1.95 bits per heavy atom. The van der Waals surface area contributed by atoms with E-state index in [-0.39, 0.29) is 5.91 Å². The number of hydrogen-bond donors (Lipinski definition) is 1. The normalized spacial score (nSPS) is 16.0. The molecule has 1 aromatic rings. The summed E-state index contributed by atoms with van der Waals surface area (Å²) in [6.07, 6.45) is 6.26. The first-order chi connectivity index (χ1) is 9.61. The molecule has 1 fully saturated rings. The second-order valence-corrected chi connectivity index (χ2v) is 5.90. The van der Waals surface area contributed by atoms with E-state index in [0.29, 0.717) is 5.69 Å². The highest BCUT2D eigenvalue weighted by molar-refractivity contribution is 5.92. The molecule has 2 rings (SSSR count). The number of aromatic nitrogens is 1. The molecule has 112 valence electrons. The van der Waals surface area contributed by atoms with Crippen LogP contribution in [0.5, 0.6) is 0 Å². The maximum absolute atomic E-state index is 12.3. The molecular weight excluding hydrogens is 250 g/mol. The van der Waals surface area contributed by atoms with Gasteiger partial charge in [-0.15, -0.1) is 0 Å². The number of likely N-dealkylation sites (N-methyl/N-ethyl adjacent to an activating group) is 2. The van der Waals surface area contributed by atoms with Gasteiger partial charge in [-0.1, -0.05) is 19.8 Å². The quantitative estimate of drug-likeness (QED) is 0.868. The first-order valence-corrected chi connectivity index (χ1v) is 7.75. The Hall–Kier alpha value is -1.29. The van der Waals surface area contributed by atoms with Crippen molar-refractivity contribution in [3.05, 3.63) is 23.5 Å². The van der Waals surface area contributed by atoms with Gasteiger partial charge in [0.15, 0.2) is 0 Å². The number of amides is 1. The van der Waals surface area contributed by atoms with E-state index in [9.17, 15) is 4.79 Å². The summed E-state index contributed by atoms with van der Waals surface area (Å²) in [5, 5.41) is 0.